The van der Waals surface area contributed by atoms with Gasteiger partial charge in [-0.3, -0.25) is 24.0 Å². The first-order chi connectivity index (χ1) is 14.5. The lowest BCUT2D eigenvalue weighted by Gasteiger charge is -2.24. The summed E-state index contributed by atoms with van der Waals surface area (Å²) in [5, 5.41) is 33.7. The normalized spacial score (nSPS) is 14.4. The van der Waals surface area contributed by atoms with Crippen molar-refractivity contribution in [1.29, 1.82) is 0 Å². The second kappa shape index (κ2) is 12.2. The van der Waals surface area contributed by atoms with Crippen molar-refractivity contribution in [3.63, 3.8) is 0 Å². The molecule has 1 rings (SSSR count). The first-order valence-electron chi connectivity index (χ1n) is 9.31. The molecule has 0 fully saturated rings. The molecule has 0 saturated carbocycles. The van der Waals surface area contributed by atoms with Gasteiger partial charge in [-0.1, -0.05) is 30.3 Å². The lowest BCUT2D eigenvalue weighted by molar-refractivity contribution is -0.143. The Morgan fingerprint density at radius 2 is 1.45 bits per heavy atom. The number of benzene rings is 1. The molecule has 12 nitrogen and oxygen atoms in total. The van der Waals surface area contributed by atoms with Crippen LogP contribution in [-0.4, -0.2) is 75.8 Å². The number of carboxylic acid groups (broad SMARTS) is 2. The Hall–Kier alpha value is -3.51. The zero-order valence-electron chi connectivity index (χ0n) is 16.8. The molecule has 3 amide bonds. The van der Waals surface area contributed by atoms with Crippen LogP contribution in [0.5, 0.6) is 0 Å². The Morgan fingerprint density at radius 3 is 1.97 bits per heavy atom. The zero-order valence-corrected chi connectivity index (χ0v) is 16.8. The highest BCUT2D eigenvalue weighted by Crippen LogP contribution is 2.05. The number of hydrogen-bond donors (Lipinski definition) is 7. The molecule has 0 aliphatic heterocycles. The van der Waals surface area contributed by atoms with Crippen molar-refractivity contribution >= 4 is 29.7 Å². The number of aliphatic carboxylic acids is 2. The van der Waals surface area contributed by atoms with Gasteiger partial charge >= 0.3 is 11.9 Å². The maximum atomic E-state index is 12.7. The monoisotopic (exact) mass is 438 g/mol. The van der Waals surface area contributed by atoms with Crippen LogP contribution >= 0.6 is 0 Å². The molecule has 4 atom stereocenters. The fourth-order valence-electron chi connectivity index (χ4n) is 2.45. The van der Waals surface area contributed by atoms with E-state index in [0.29, 0.717) is 5.56 Å². The third kappa shape index (κ3) is 8.80. The molecule has 0 spiro atoms. The first-order valence-corrected chi connectivity index (χ1v) is 9.31. The van der Waals surface area contributed by atoms with Crippen LogP contribution in [0.4, 0.5) is 0 Å². The largest absolute Gasteiger partial charge is 0.481 e. The minimum absolute atomic E-state index is 0.0192. The average molecular weight is 438 g/mol. The molecule has 170 valence electrons. The lowest BCUT2D eigenvalue weighted by Crippen LogP contribution is -2.58. The molecule has 0 heterocycles. The Morgan fingerprint density at radius 1 is 0.903 bits per heavy atom. The maximum Gasteiger partial charge on any atom is 0.325 e. The van der Waals surface area contributed by atoms with Gasteiger partial charge < -0.3 is 37.0 Å². The summed E-state index contributed by atoms with van der Waals surface area (Å²) in [7, 11) is 0. The fraction of sp³-hybridized carbons (Fsp3) is 0.421. The van der Waals surface area contributed by atoms with Crippen LogP contribution in [0, 0.1) is 0 Å². The highest BCUT2D eigenvalue weighted by Gasteiger charge is 2.30. The van der Waals surface area contributed by atoms with Gasteiger partial charge in [0.2, 0.25) is 17.7 Å². The third-order valence-corrected chi connectivity index (χ3v) is 4.19. The van der Waals surface area contributed by atoms with Crippen LogP contribution in [0.3, 0.4) is 0 Å². The lowest BCUT2D eigenvalue weighted by atomic mass is 10.0. The Labute approximate surface area is 177 Å². The summed E-state index contributed by atoms with van der Waals surface area (Å²) in [5.41, 5.74) is 6.02. The van der Waals surface area contributed by atoms with E-state index >= 15 is 0 Å². The van der Waals surface area contributed by atoms with Crippen LogP contribution in [-0.2, 0) is 30.4 Å². The van der Waals surface area contributed by atoms with Crippen molar-refractivity contribution in [2.24, 2.45) is 5.73 Å². The van der Waals surface area contributed by atoms with Gasteiger partial charge in [0.1, 0.15) is 24.2 Å². The molecule has 0 saturated heterocycles. The number of aliphatic hydroxyl groups excluding tert-OH is 1. The Bertz CT molecular complexity index is 801. The van der Waals surface area contributed by atoms with Gasteiger partial charge in [-0.25, -0.2) is 0 Å². The summed E-state index contributed by atoms with van der Waals surface area (Å²) in [6.07, 6.45) is -0.824. The summed E-state index contributed by atoms with van der Waals surface area (Å²) in [5.74, 6) is -5.43. The molecule has 4 unspecified atom stereocenters. The van der Waals surface area contributed by atoms with E-state index in [-0.39, 0.29) is 6.42 Å². The van der Waals surface area contributed by atoms with E-state index in [1.165, 1.54) is 6.92 Å². The predicted octanol–water partition coefficient (Wildman–Crippen LogP) is -2.42. The molecule has 0 bridgehead atoms. The first kappa shape index (κ1) is 25.5. The van der Waals surface area contributed by atoms with Gasteiger partial charge in [0.05, 0.1) is 13.0 Å². The van der Waals surface area contributed by atoms with Crippen LogP contribution in [0.1, 0.15) is 18.9 Å². The smallest absolute Gasteiger partial charge is 0.325 e. The highest BCUT2D eigenvalue weighted by atomic mass is 16.4. The van der Waals surface area contributed by atoms with Gasteiger partial charge in [0, 0.05) is 6.42 Å². The van der Waals surface area contributed by atoms with E-state index < -0.39 is 66.9 Å². The van der Waals surface area contributed by atoms with Crippen molar-refractivity contribution in [2.45, 2.75) is 43.9 Å². The molecule has 31 heavy (non-hydrogen) atoms. The molecule has 0 radical (unpaired) electrons. The van der Waals surface area contributed by atoms with Gasteiger partial charge in [-0.2, -0.15) is 0 Å². The van der Waals surface area contributed by atoms with Gasteiger partial charge in [-0.15, -0.1) is 0 Å². The number of carboxylic acids is 2. The maximum absolute atomic E-state index is 12.7. The molecule has 0 aromatic heterocycles. The predicted molar refractivity (Wildman–Crippen MR) is 107 cm³/mol. The molecule has 1 aromatic rings. The SMILES string of the molecule is CC(NC(=O)C(Cc1ccccc1)NC(=O)C(CC(=O)O)NC(=O)C(N)CO)C(=O)O. The molecule has 1 aromatic carbocycles. The van der Waals surface area contributed by atoms with Crippen LogP contribution < -0.4 is 21.7 Å². The van der Waals surface area contributed by atoms with Gasteiger partial charge in [0.15, 0.2) is 0 Å². The number of rotatable bonds is 12. The molecule has 0 aliphatic rings. The summed E-state index contributed by atoms with van der Waals surface area (Å²) >= 11 is 0. The number of carbonyl (C=O) groups excluding carboxylic acids is 3. The second-order valence-corrected chi connectivity index (χ2v) is 6.77. The summed E-state index contributed by atoms with van der Waals surface area (Å²) in [6, 6.07) is 3.08. The third-order valence-electron chi connectivity index (χ3n) is 4.19. The van der Waals surface area contributed by atoms with Crippen LogP contribution in [0.2, 0.25) is 0 Å². The molecule has 8 N–H and O–H groups in total. The minimum Gasteiger partial charge on any atom is -0.481 e. The number of aliphatic hydroxyl groups is 1. The molecule has 12 heteroatoms. The quantitative estimate of drug-likeness (QED) is 0.185. The average Bonchev–Trinajstić information content (AvgIpc) is 2.72. The van der Waals surface area contributed by atoms with Crippen molar-refractivity contribution < 1.29 is 39.3 Å². The van der Waals surface area contributed by atoms with Gasteiger partial charge in [-0.05, 0) is 12.5 Å². The summed E-state index contributed by atoms with van der Waals surface area (Å²) in [4.78, 5) is 59.3. The summed E-state index contributed by atoms with van der Waals surface area (Å²) < 4.78 is 0. The van der Waals surface area contributed by atoms with Crippen LogP contribution in [0.25, 0.3) is 0 Å². The van der Waals surface area contributed by atoms with E-state index in [1.54, 1.807) is 30.3 Å². The van der Waals surface area contributed by atoms with Gasteiger partial charge in [0.25, 0.3) is 0 Å². The molecular formula is C19H26N4O8. The van der Waals surface area contributed by atoms with Crippen molar-refractivity contribution in [3.8, 4) is 0 Å². The Kier molecular flexibility index (Phi) is 10.1. The second-order valence-electron chi connectivity index (χ2n) is 6.77. The topological polar surface area (TPSA) is 208 Å². The Balaban J connectivity index is 3.04. The number of nitrogens with one attached hydrogen (secondary N) is 3. The zero-order chi connectivity index (χ0) is 23.6. The van der Waals surface area contributed by atoms with Crippen LogP contribution in [0.15, 0.2) is 30.3 Å². The highest BCUT2D eigenvalue weighted by molar-refractivity contribution is 5.95. The van der Waals surface area contributed by atoms with Crippen molar-refractivity contribution in [2.75, 3.05) is 6.61 Å². The molecule has 0 aliphatic carbocycles. The fourth-order valence-corrected chi connectivity index (χ4v) is 2.45. The van der Waals surface area contributed by atoms with Crippen molar-refractivity contribution in [1.82, 2.24) is 16.0 Å². The van der Waals surface area contributed by atoms with E-state index in [1.807, 2.05) is 0 Å². The van der Waals surface area contributed by atoms with E-state index in [4.69, 9.17) is 21.1 Å². The molecular weight excluding hydrogens is 412 g/mol. The number of carbonyl (C=O) groups is 5. The van der Waals surface area contributed by atoms with E-state index in [2.05, 4.69) is 16.0 Å². The van der Waals surface area contributed by atoms with E-state index in [9.17, 15) is 24.0 Å². The minimum atomic E-state index is -1.58. The van der Waals surface area contributed by atoms with E-state index in [0.717, 1.165) is 0 Å². The number of nitrogens with two attached hydrogens (primary N) is 1. The summed E-state index contributed by atoms with van der Waals surface area (Å²) in [6.45, 7) is 0.519. The number of amides is 3. The number of hydrogen-bond acceptors (Lipinski definition) is 7. The van der Waals surface area contributed by atoms with Crippen molar-refractivity contribution in [3.05, 3.63) is 35.9 Å². The standard InChI is InChI=1S/C19H26N4O8/c1-10(19(30)31)21-17(28)13(7-11-5-3-2-4-6-11)23-18(29)14(8-15(25)26)22-16(27)12(20)9-24/h2-6,10,12-14,24H,7-9,20H2,1H3,(H,21,28)(H,22,27)(H,23,29)(H,25,26)(H,30,31).